The first kappa shape index (κ1) is 30.9. The van der Waals surface area contributed by atoms with Gasteiger partial charge in [0.2, 0.25) is 5.91 Å². The van der Waals surface area contributed by atoms with Crippen molar-refractivity contribution < 1.29 is 29.3 Å². The van der Waals surface area contributed by atoms with Gasteiger partial charge >= 0.3 is 11.9 Å². The molecule has 0 atom stereocenters. The van der Waals surface area contributed by atoms with Gasteiger partial charge in [-0.25, -0.2) is 9.59 Å². The van der Waals surface area contributed by atoms with Gasteiger partial charge in [-0.15, -0.1) is 0 Å². The molecule has 0 aromatic heterocycles. The van der Waals surface area contributed by atoms with Crippen LogP contribution in [0.2, 0.25) is 0 Å². The molecule has 0 heterocycles. The van der Waals surface area contributed by atoms with E-state index in [2.05, 4.69) is 19.1 Å². The largest absolute Gasteiger partial charge is 0.478 e. The van der Waals surface area contributed by atoms with Crippen molar-refractivity contribution in [1.29, 1.82) is 0 Å². The molecule has 0 unspecified atom stereocenters. The molecule has 7 nitrogen and oxygen atoms in total. The molecule has 0 fully saturated rings. The summed E-state index contributed by atoms with van der Waals surface area (Å²) in [7, 11) is 0. The average Bonchev–Trinajstić information content (AvgIpc) is 2.79. The zero-order valence-corrected chi connectivity index (χ0v) is 20.5. The van der Waals surface area contributed by atoms with E-state index >= 15 is 0 Å². The number of rotatable bonds is 22. The third-order valence-electron chi connectivity index (χ3n) is 5.34. The van der Waals surface area contributed by atoms with Crippen LogP contribution in [0.4, 0.5) is 0 Å². The number of carboxylic acids is 1. The number of hydrogen-bond donors (Lipinski definition) is 2. The molecular weight excluding hydrogens is 422 g/mol. The lowest BCUT2D eigenvalue weighted by Gasteiger charge is -2.21. The van der Waals surface area contributed by atoms with Crippen molar-refractivity contribution in [2.24, 2.45) is 0 Å². The first-order valence-electron chi connectivity index (χ1n) is 12.6. The Bertz CT molecular complexity index is 573. The van der Waals surface area contributed by atoms with Crippen LogP contribution in [0.25, 0.3) is 0 Å². The zero-order valence-electron chi connectivity index (χ0n) is 20.5. The van der Waals surface area contributed by atoms with E-state index in [4.69, 9.17) is 14.9 Å². The molecule has 190 valence electrons. The fourth-order valence-corrected chi connectivity index (χ4v) is 3.43. The van der Waals surface area contributed by atoms with E-state index in [1.807, 2.05) is 0 Å². The molecule has 0 rings (SSSR count). The number of carboxylic acid groups (broad SMARTS) is 1. The Morgan fingerprint density at radius 3 is 1.94 bits per heavy atom. The second-order valence-electron chi connectivity index (χ2n) is 8.28. The number of esters is 1. The van der Waals surface area contributed by atoms with Crippen molar-refractivity contribution in [3.63, 3.8) is 0 Å². The fraction of sp³-hybridized carbons (Fsp3) is 0.731. The predicted molar refractivity (Wildman–Crippen MR) is 131 cm³/mol. The Hall–Kier alpha value is -2.15. The van der Waals surface area contributed by atoms with Crippen LogP contribution >= 0.6 is 0 Å². The summed E-state index contributed by atoms with van der Waals surface area (Å²) in [6.07, 6.45) is 22.1. The van der Waals surface area contributed by atoms with Gasteiger partial charge < -0.3 is 19.8 Å². The number of nitrogens with zero attached hydrogens (tertiary/aromatic N) is 1. The topological polar surface area (TPSA) is 104 Å². The normalized spacial score (nSPS) is 11.3. The third-order valence-corrected chi connectivity index (χ3v) is 5.34. The summed E-state index contributed by atoms with van der Waals surface area (Å²) in [5.74, 6) is -2.08. The molecule has 0 aliphatic heterocycles. The minimum absolute atomic E-state index is 0.0408. The Kier molecular flexibility index (Phi) is 21.5. The summed E-state index contributed by atoms with van der Waals surface area (Å²) >= 11 is 0. The van der Waals surface area contributed by atoms with E-state index in [0.29, 0.717) is 12.5 Å². The predicted octanol–water partition coefficient (Wildman–Crippen LogP) is 5.03. The van der Waals surface area contributed by atoms with Gasteiger partial charge in [0.05, 0.1) is 13.2 Å². The highest BCUT2D eigenvalue weighted by Crippen LogP contribution is 2.10. The molecule has 2 N–H and O–H groups in total. The number of aliphatic hydroxyl groups excluding tert-OH is 1. The van der Waals surface area contributed by atoms with Gasteiger partial charge in [-0.05, 0) is 32.1 Å². The average molecular weight is 468 g/mol. The van der Waals surface area contributed by atoms with Gasteiger partial charge in [0, 0.05) is 25.1 Å². The number of amides is 1. The Balaban J connectivity index is 3.75. The van der Waals surface area contributed by atoms with Crippen LogP contribution in [0.5, 0.6) is 0 Å². The van der Waals surface area contributed by atoms with Gasteiger partial charge in [-0.1, -0.05) is 70.4 Å². The van der Waals surface area contributed by atoms with Crippen LogP contribution in [-0.4, -0.2) is 59.3 Å². The van der Waals surface area contributed by atoms with E-state index in [1.54, 1.807) is 0 Å². The van der Waals surface area contributed by atoms with Crippen molar-refractivity contribution in [2.45, 2.75) is 96.8 Å². The Labute approximate surface area is 199 Å². The van der Waals surface area contributed by atoms with Crippen LogP contribution in [0, 0.1) is 0 Å². The molecule has 0 saturated carbocycles. The number of allylic oxidation sites excluding steroid dienone is 2. The van der Waals surface area contributed by atoms with Crippen molar-refractivity contribution in [2.75, 3.05) is 26.3 Å². The van der Waals surface area contributed by atoms with Crippen molar-refractivity contribution in [3.05, 3.63) is 24.3 Å². The second kappa shape index (κ2) is 23.0. The van der Waals surface area contributed by atoms with Crippen LogP contribution in [0.3, 0.4) is 0 Å². The first-order chi connectivity index (χ1) is 16.0. The number of unbranched alkanes of at least 4 members (excludes halogenated alkanes) is 11. The van der Waals surface area contributed by atoms with Gasteiger partial charge in [-0.3, -0.25) is 4.79 Å². The molecule has 0 radical (unpaired) electrons. The lowest BCUT2D eigenvalue weighted by Crippen LogP contribution is -2.36. The number of aliphatic carboxylic acids is 1. The molecule has 0 aromatic rings. The van der Waals surface area contributed by atoms with E-state index < -0.39 is 11.9 Å². The van der Waals surface area contributed by atoms with Crippen LogP contribution in [0.15, 0.2) is 24.3 Å². The highest BCUT2D eigenvalue weighted by Gasteiger charge is 2.13. The number of carbonyl (C=O) groups excluding carboxylic acids is 2. The Morgan fingerprint density at radius 2 is 1.36 bits per heavy atom. The number of hydrogen-bond acceptors (Lipinski definition) is 5. The maximum atomic E-state index is 12.3. The first-order valence-corrected chi connectivity index (χ1v) is 12.6. The SMILES string of the molecule is CCCCCCCC/C=C\CCCCCCCC(=O)N(CCO)CCOC(=O)/C=C\C(=O)O. The third kappa shape index (κ3) is 21.5. The highest BCUT2D eigenvalue weighted by molar-refractivity contribution is 5.90. The zero-order chi connectivity index (χ0) is 24.6. The molecule has 0 bridgehead atoms. The molecular formula is C26H45NO6. The van der Waals surface area contributed by atoms with Gasteiger partial charge in [-0.2, -0.15) is 0 Å². The van der Waals surface area contributed by atoms with Crippen LogP contribution in [0.1, 0.15) is 96.8 Å². The maximum absolute atomic E-state index is 12.3. The second-order valence-corrected chi connectivity index (χ2v) is 8.28. The van der Waals surface area contributed by atoms with Crippen molar-refractivity contribution in [1.82, 2.24) is 4.90 Å². The lowest BCUT2D eigenvalue weighted by atomic mass is 10.1. The van der Waals surface area contributed by atoms with Gasteiger partial charge in [0.25, 0.3) is 0 Å². The maximum Gasteiger partial charge on any atom is 0.331 e. The standard InChI is InChI=1S/C26H45NO6/c1-2-3-4-5-6-7-8-9-10-11-12-13-14-15-16-17-24(29)27(20-22-28)21-23-33-26(32)19-18-25(30)31/h9-10,18-19,28H,2-8,11-17,20-23H2,1H3,(H,30,31)/b10-9-,19-18-. The highest BCUT2D eigenvalue weighted by atomic mass is 16.5. The molecule has 0 spiro atoms. The van der Waals surface area contributed by atoms with Crippen molar-refractivity contribution >= 4 is 17.8 Å². The lowest BCUT2D eigenvalue weighted by molar-refractivity contribution is -0.141. The van der Waals surface area contributed by atoms with Crippen molar-refractivity contribution in [3.8, 4) is 0 Å². The van der Waals surface area contributed by atoms with Crippen LogP contribution < -0.4 is 0 Å². The number of ether oxygens (including phenoxy) is 1. The molecule has 0 aliphatic carbocycles. The van der Waals surface area contributed by atoms with E-state index in [1.165, 1.54) is 56.3 Å². The molecule has 1 amide bonds. The summed E-state index contributed by atoms with van der Waals surface area (Å²) < 4.78 is 4.88. The molecule has 0 aliphatic rings. The summed E-state index contributed by atoms with van der Waals surface area (Å²) in [6.45, 7) is 2.41. The quantitative estimate of drug-likeness (QED) is 0.100. The van der Waals surface area contributed by atoms with Crippen LogP contribution in [-0.2, 0) is 19.1 Å². The van der Waals surface area contributed by atoms with Gasteiger partial charge in [0.15, 0.2) is 0 Å². The van der Waals surface area contributed by atoms with E-state index in [9.17, 15) is 14.4 Å². The monoisotopic (exact) mass is 467 g/mol. The van der Waals surface area contributed by atoms with E-state index in [0.717, 1.165) is 38.2 Å². The summed E-state index contributed by atoms with van der Waals surface area (Å²) in [5, 5.41) is 17.6. The minimum atomic E-state index is -1.23. The Morgan fingerprint density at radius 1 is 0.788 bits per heavy atom. The minimum Gasteiger partial charge on any atom is -0.478 e. The molecule has 7 heteroatoms. The fourth-order valence-electron chi connectivity index (χ4n) is 3.43. The van der Waals surface area contributed by atoms with Gasteiger partial charge in [0.1, 0.15) is 6.61 Å². The van der Waals surface area contributed by atoms with E-state index in [-0.39, 0.29) is 32.2 Å². The smallest absolute Gasteiger partial charge is 0.331 e. The number of carbonyl (C=O) groups is 3. The molecule has 0 saturated heterocycles. The molecule has 33 heavy (non-hydrogen) atoms. The summed E-state index contributed by atoms with van der Waals surface area (Å²) in [6, 6.07) is 0. The summed E-state index contributed by atoms with van der Waals surface area (Å²) in [4.78, 5) is 35.5. The summed E-state index contributed by atoms with van der Waals surface area (Å²) in [5.41, 5.74) is 0. The number of aliphatic hydroxyl groups is 1. The molecule has 0 aromatic carbocycles.